The number of hydrogen-bond acceptors (Lipinski definition) is 5. The number of halogens is 2. The van der Waals surface area contributed by atoms with E-state index < -0.39 is 12.1 Å². The van der Waals surface area contributed by atoms with Gasteiger partial charge in [-0.1, -0.05) is 47.5 Å². The van der Waals surface area contributed by atoms with Crippen LogP contribution >= 0.6 is 23.2 Å². The van der Waals surface area contributed by atoms with Gasteiger partial charge in [0.1, 0.15) is 18.1 Å². The largest absolute Gasteiger partial charge is 0.495 e. The van der Waals surface area contributed by atoms with Gasteiger partial charge < -0.3 is 29.5 Å². The minimum absolute atomic E-state index is 0.262. The van der Waals surface area contributed by atoms with Crippen molar-refractivity contribution in [1.82, 2.24) is 4.90 Å². The smallest absolute Gasteiger partial charge is 0.333 e. The molecule has 0 radical (unpaired) electrons. The Labute approximate surface area is 244 Å². The highest BCUT2D eigenvalue weighted by Crippen LogP contribution is 2.24. The topological polar surface area (TPSA) is 97.3 Å². The van der Waals surface area contributed by atoms with Crippen LogP contribution in [0.15, 0.2) is 66.7 Å². The number of hydrogen-bond donors (Lipinski definition) is 2. The first-order valence-corrected chi connectivity index (χ1v) is 13.7. The van der Waals surface area contributed by atoms with Gasteiger partial charge in [0.15, 0.2) is 6.10 Å². The number of amides is 2. The van der Waals surface area contributed by atoms with E-state index in [2.05, 4.69) is 5.32 Å². The van der Waals surface area contributed by atoms with E-state index in [1.807, 2.05) is 36.4 Å². The highest BCUT2D eigenvalue weighted by molar-refractivity contribution is 6.34. The van der Waals surface area contributed by atoms with Crippen LogP contribution in [0.25, 0.3) is 0 Å². The van der Waals surface area contributed by atoms with Gasteiger partial charge in [0.25, 0.3) is 0 Å². The lowest BCUT2D eigenvalue weighted by Gasteiger charge is -2.24. The summed E-state index contributed by atoms with van der Waals surface area (Å²) in [5.41, 5.74) is 2.39. The standard InChI is InChI=1S/C30H34Cl2N2O6/c1-3-39-28(29(35)36)19-21-10-12-25(13-11-21)40-16-15-34(14-6-7-22-17-23(31)20-24(32)18-22)30(37)33-26-8-4-5-9-27(26)38-2/h4-5,8-13,17-18,20,28H,3,6-7,14-16,19H2,1-2H3,(H,33,37)(H,35,36). The van der Waals surface area contributed by atoms with Crippen LogP contribution in [-0.4, -0.2) is 61.5 Å². The summed E-state index contributed by atoms with van der Waals surface area (Å²) in [6, 6.07) is 19.5. The molecule has 0 aliphatic rings. The number of aliphatic carboxylic acids is 1. The number of rotatable bonds is 15. The molecule has 0 aliphatic carbocycles. The minimum Gasteiger partial charge on any atom is -0.495 e. The van der Waals surface area contributed by atoms with E-state index >= 15 is 0 Å². The lowest BCUT2D eigenvalue weighted by molar-refractivity contribution is -0.149. The third-order valence-corrected chi connectivity index (χ3v) is 6.51. The Balaban J connectivity index is 1.61. The van der Waals surface area contributed by atoms with Crippen molar-refractivity contribution in [2.45, 2.75) is 32.3 Å². The summed E-state index contributed by atoms with van der Waals surface area (Å²) >= 11 is 12.3. The summed E-state index contributed by atoms with van der Waals surface area (Å²) in [5.74, 6) is 0.188. The Bertz CT molecular complexity index is 1230. The SMILES string of the molecule is CCOC(Cc1ccc(OCCN(CCCc2cc(Cl)cc(Cl)c2)C(=O)Nc2ccccc2OC)cc1)C(=O)O. The fourth-order valence-corrected chi connectivity index (χ4v) is 4.69. The Hall–Kier alpha value is -3.46. The van der Waals surface area contributed by atoms with E-state index in [0.717, 1.165) is 11.1 Å². The van der Waals surface area contributed by atoms with Gasteiger partial charge in [0, 0.05) is 29.6 Å². The van der Waals surface area contributed by atoms with Crippen molar-refractivity contribution in [3.05, 3.63) is 87.9 Å². The van der Waals surface area contributed by atoms with Gasteiger partial charge in [-0.05, 0) is 73.4 Å². The normalized spacial score (nSPS) is 11.5. The van der Waals surface area contributed by atoms with Gasteiger partial charge in [-0.2, -0.15) is 0 Å². The molecule has 1 atom stereocenters. The molecule has 0 heterocycles. The number of aryl methyl sites for hydroxylation is 1. The van der Waals surface area contributed by atoms with E-state index in [4.69, 9.17) is 37.4 Å². The Morgan fingerprint density at radius 1 is 0.975 bits per heavy atom. The maximum Gasteiger partial charge on any atom is 0.333 e. The Morgan fingerprint density at radius 2 is 1.68 bits per heavy atom. The highest BCUT2D eigenvalue weighted by Gasteiger charge is 2.18. The first-order chi connectivity index (χ1) is 19.3. The van der Waals surface area contributed by atoms with E-state index in [1.54, 1.807) is 49.3 Å². The molecule has 3 aromatic carbocycles. The molecule has 0 bridgehead atoms. The van der Waals surface area contributed by atoms with Gasteiger partial charge in [-0.3, -0.25) is 0 Å². The van der Waals surface area contributed by atoms with Gasteiger partial charge in [0.05, 0.1) is 19.3 Å². The van der Waals surface area contributed by atoms with Crippen molar-refractivity contribution in [2.75, 3.05) is 38.7 Å². The zero-order valence-corrected chi connectivity index (χ0v) is 24.1. The molecule has 2 N–H and O–H groups in total. The number of para-hydroxylation sites is 2. The lowest BCUT2D eigenvalue weighted by Crippen LogP contribution is -2.38. The van der Waals surface area contributed by atoms with Crippen LogP contribution in [0.5, 0.6) is 11.5 Å². The van der Waals surface area contributed by atoms with Crippen molar-refractivity contribution in [3.8, 4) is 11.5 Å². The molecular weight excluding hydrogens is 555 g/mol. The molecule has 0 aromatic heterocycles. The molecule has 0 saturated heterocycles. The predicted octanol–water partition coefficient (Wildman–Crippen LogP) is 6.58. The number of carbonyl (C=O) groups excluding carboxylic acids is 1. The fraction of sp³-hybridized carbons (Fsp3) is 0.333. The van der Waals surface area contributed by atoms with E-state index in [0.29, 0.717) is 59.8 Å². The zero-order valence-electron chi connectivity index (χ0n) is 22.6. The summed E-state index contributed by atoms with van der Waals surface area (Å²) in [7, 11) is 1.55. The quantitative estimate of drug-likeness (QED) is 0.208. The third kappa shape index (κ3) is 9.93. The number of methoxy groups -OCH3 is 1. The first kappa shape index (κ1) is 31.1. The molecule has 40 heavy (non-hydrogen) atoms. The average Bonchev–Trinajstić information content (AvgIpc) is 2.92. The van der Waals surface area contributed by atoms with E-state index in [1.165, 1.54) is 0 Å². The number of ether oxygens (including phenoxy) is 3. The van der Waals surface area contributed by atoms with Crippen LogP contribution in [0.1, 0.15) is 24.5 Å². The summed E-state index contributed by atoms with van der Waals surface area (Å²) in [5, 5.41) is 13.4. The van der Waals surface area contributed by atoms with Crippen LogP contribution in [0.4, 0.5) is 10.5 Å². The highest BCUT2D eigenvalue weighted by atomic mass is 35.5. The first-order valence-electron chi connectivity index (χ1n) is 13.0. The molecule has 0 spiro atoms. The Morgan fingerprint density at radius 3 is 2.33 bits per heavy atom. The molecule has 0 saturated carbocycles. The zero-order chi connectivity index (χ0) is 28.9. The number of carbonyl (C=O) groups is 2. The third-order valence-electron chi connectivity index (χ3n) is 6.07. The predicted molar refractivity (Wildman–Crippen MR) is 157 cm³/mol. The van der Waals surface area contributed by atoms with Crippen molar-refractivity contribution in [1.29, 1.82) is 0 Å². The Kier molecular flexibility index (Phi) is 12.4. The summed E-state index contributed by atoms with van der Waals surface area (Å²) in [6.07, 6.45) is 0.753. The second-order valence-corrected chi connectivity index (χ2v) is 9.85. The average molecular weight is 590 g/mol. The maximum absolute atomic E-state index is 13.2. The molecule has 8 nitrogen and oxygen atoms in total. The molecule has 2 amide bonds. The van der Waals surface area contributed by atoms with E-state index in [9.17, 15) is 14.7 Å². The molecule has 1 unspecified atom stereocenters. The molecular formula is C30H34Cl2N2O6. The summed E-state index contributed by atoms with van der Waals surface area (Å²) < 4.78 is 16.6. The summed E-state index contributed by atoms with van der Waals surface area (Å²) in [4.78, 5) is 26.3. The molecule has 10 heteroatoms. The number of nitrogens with one attached hydrogen (secondary N) is 1. The number of carboxylic acids is 1. The lowest BCUT2D eigenvalue weighted by atomic mass is 10.1. The van der Waals surface area contributed by atoms with Gasteiger partial charge in [0.2, 0.25) is 0 Å². The molecule has 0 aliphatic heterocycles. The second-order valence-electron chi connectivity index (χ2n) is 8.98. The number of anilines is 1. The van der Waals surface area contributed by atoms with Crippen LogP contribution in [0.3, 0.4) is 0 Å². The van der Waals surface area contributed by atoms with Gasteiger partial charge in [-0.25, -0.2) is 9.59 Å². The van der Waals surface area contributed by atoms with Crippen LogP contribution in [-0.2, 0) is 22.4 Å². The monoisotopic (exact) mass is 588 g/mol. The summed E-state index contributed by atoms with van der Waals surface area (Å²) in [6.45, 7) is 3.16. The number of carboxylic acid groups (broad SMARTS) is 1. The number of nitrogens with zero attached hydrogens (tertiary/aromatic N) is 1. The molecule has 3 rings (SSSR count). The number of benzene rings is 3. The van der Waals surface area contributed by atoms with Crippen molar-refractivity contribution in [2.24, 2.45) is 0 Å². The van der Waals surface area contributed by atoms with Crippen LogP contribution < -0.4 is 14.8 Å². The van der Waals surface area contributed by atoms with Crippen LogP contribution in [0.2, 0.25) is 10.0 Å². The fourth-order valence-electron chi connectivity index (χ4n) is 4.11. The van der Waals surface area contributed by atoms with Gasteiger partial charge in [-0.15, -0.1) is 0 Å². The minimum atomic E-state index is -0.993. The maximum atomic E-state index is 13.2. The van der Waals surface area contributed by atoms with Crippen LogP contribution in [0, 0.1) is 0 Å². The molecule has 3 aromatic rings. The second kappa shape index (κ2) is 16.0. The van der Waals surface area contributed by atoms with E-state index in [-0.39, 0.29) is 19.1 Å². The molecule has 214 valence electrons. The molecule has 0 fully saturated rings. The van der Waals surface area contributed by atoms with Crippen molar-refractivity contribution < 1.29 is 28.9 Å². The van der Waals surface area contributed by atoms with Crippen molar-refractivity contribution in [3.63, 3.8) is 0 Å². The van der Waals surface area contributed by atoms with Gasteiger partial charge >= 0.3 is 12.0 Å². The number of urea groups is 1. The van der Waals surface area contributed by atoms with Crippen molar-refractivity contribution >= 4 is 40.9 Å².